The summed E-state index contributed by atoms with van der Waals surface area (Å²) < 4.78 is 12.9. The van der Waals surface area contributed by atoms with Gasteiger partial charge in [0.25, 0.3) is 11.8 Å². The molecule has 0 fully saturated rings. The van der Waals surface area contributed by atoms with Crippen molar-refractivity contribution in [2.45, 2.75) is 13.3 Å². The summed E-state index contributed by atoms with van der Waals surface area (Å²) >= 11 is 6.97. The molecule has 0 saturated carbocycles. The minimum atomic E-state index is -0.488. The highest BCUT2D eigenvalue weighted by molar-refractivity contribution is 9.11. The lowest BCUT2D eigenvalue weighted by Crippen LogP contribution is -2.44. The van der Waals surface area contributed by atoms with Gasteiger partial charge in [0.05, 0.1) is 16.6 Å². The van der Waals surface area contributed by atoms with E-state index in [1.807, 2.05) is 31.2 Å². The Hall–Kier alpha value is -2.58. The zero-order valence-electron chi connectivity index (χ0n) is 16.2. The number of hydrazine groups is 1. The van der Waals surface area contributed by atoms with Gasteiger partial charge >= 0.3 is 0 Å². The monoisotopic (exact) mass is 534 g/mol. The van der Waals surface area contributed by atoms with Crippen LogP contribution in [0.2, 0.25) is 0 Å². The molecule has 156 valence electrons. The predicted molar refractivity (Wildman–Crippen MR) is 123 cm³/mol. The Morgan fingerprint density at radius 3 is 2.53 bits per heavy atom. The second-order valence-electron chi connectivity index (χ2n) is 6.38. The van der Waals surface area contributed by atoms with Crippen molar-refractivity contribution in [3.8, 4) is 11.5 Å². The lowest BCUT2D eigenvalue weighted by atomic mass is 10.1. The van der Waals surface area contributed by atoms with E-state index < -0.39 is 11.8 Å². The van der Waals surface area contributed by atoms with E-state index in [4.69, 9.17) is 9.47 Å². The average molecular weight is 536 g/mol. The number of hydrogen-bond donors (Lipinski definition) is 2. The van der Waals surface area contributed by atoms with Gasteiger partial charge in [0.15, 0.2) is 6.61 Å². The summed E-state index contributed by atoms with van der Waals surface area (Å²) in [5, 5.41) is 2.00. The maximum absolute atomic E-state index is 12.4. The molecule has 0 saturated heterocycles. The summed E-state index contributed by atoms with van der Waals surface area (Å²) in [6.45, 7) is 2.23. The highest BCUT2D eigenvalue weighted by Gasteiger charge is 2.14. The molecule has 0 bridgehead atoms. The van der Waals surface area contributed by atoms with Crippen LogP contribution in [0.1, 0.15) is 23.7 Å². The van der Waals surface area contributed by atoms with Gasteiger partial charge in [-0.1, -0.05) is 47.1 Å². The third-order valence-electron chi connectivity index (χ3n) is 4.15. The zero-order valence-corrected chi connectivity index (χ0v) is 19.4. The van der Waals surface area contributed by atoms with Crippen molar-refractivity contribution < 1.29 is 19.1 Å². The molecule has 0 atom stereocenters. The van der Waals surface area contributed by atoms with Crippen LogP contribution in [0.25, 0.3) is 10.8 Å². The Morgan fingerprint density at radius 1 is 0.933 bits per heavy atom. The molecule has 3 rings (SSSR count). The molecule has 3 aromatic rings. The first kappa shape index (κ1) is 22.1. The minimum Gasteiger partial charge on any atom is -0.493 e. The summed E-state index contributed by atoms with van der Waals surface area (Å²) in [5.74, 6) is 0.0457. The quantitative estimate of drug-likeness (QED) is 0.418. The first-order valence-electron chi connectivity index (χ1n) is 9.31. The van der Waals surface area contributed by atoms with Gasteiger partial charge in [-0.25, -0.2) is 0 Å². The maximum atomic E-state index is 12.4. The van der Waals surface area contributed by atoms with Crippen molar-refractivity contribution >= 4 is 54.4 Å². The normalized spacial score (nSPS) is 10.5. The zero-order chi connectivity index (χ0) is 21.5. The van der Waals surface area contributed by atoms with Crippen LogP contribution < -0.4 is 20.3 Å². The van der Waals surface area contributed by atoms with E-state index in [1.54, 1.807) is 30.3 Å². The molecule has 30 heavy (non-hydrogen) atoms. The third kappa shape index (κ3) is 5.52. The molecule has 2 amide bonds. The van der Waals surface area contributed by atoms with Gasteiger partial charge in [0, 0.05) is 4.47 Å². The number of fused-ring (bicyclic) bond motifs is 1. The van der Waals surface area contributed by atoms with E-state index in [0.717, 1.165) is 26.1 Å². The molecule has 0 heterocycles. The lowest BCUT2D eigenvalue weighted by molar-refractivity contribution is -0.123. The molecule has 0 aliphatic carbocycles. The van der Waals surface area contributed by atoms with Crippen LogP contribution in [0.5, 0.6) is 11.5 Å². The van der Waals surface area contributed by atoms with Crippen molar-refractivity contribution in [3.05, 3.63) is 69.1 Å². The van der Waals surface area contributed by atoms with Gasteiger partial charge in [-0.3, -0.25) is 20.4 Å². The van der Waals surface area contributed by atoms with Crippen molar-refractivity contribution in [1.82, 2.24) is 10.9 Å². The van der Waals surface area contributed by atoms with Crippen LogP contribution >= 0.6 is 31.9 Å². The molecule has 2 N–H and O–H groups in total. The number of ether oxygens (including phenoxy) is 2. The smallest absolute Gasteiger partial charge is 0.276 e. The minimum absolute atomic E-state index is 0.255. The Bertz CT molecular complexity index is 1070. The standard InChI is InChI=1S/C22H20Br2N2O4/c1-2-11-29-18-6-4-3-5-17(18)22(28)26-25-20(27)13-30-19-10-7-14-12-15(23)8-9-16(14)21(19)24/h3-10,12H,2,11,13H2,1H3,(H,25,27)(H,26,28). The Kier molecular flexibility index (Phi) is 7.70. The van der Waals surface area contributed by atoms with Crippen LogP contribution in [0.15, 0.2) is 63.5 Å². The van der Waals surface area contributed by atoms with E-state index in [0.29, 0.717) is 23.7 Å². The SMILES string of the molecule is CCCOc1ccccc1C(=O)NNC(=O)COc1ccc2cc(Br)ccc2c1Br. The van der Waals surface area contributed by atoms with E-state index in [9.17, 15) is 9.59 Å². The van der Waals surface area contributed by atoms with E-state index in [-0.39, 0.29) is 6.61 Å². The Balaban J connectivity index is 1.57. The lowest BCUT2D eigenvalue weighted by Gasteiger charge is -2.13. The molecule has 8 heteroatoms. The molecule has 0 aliphatic rings. The molecule has 0 unspecified atom stereocenters. The fourth-order valence-corrected chi connectivity index (χ4v) is 3.71. The van der Waals surface area contributed by atoms with Gasteiger partial charge in [0.2, 0.25) is 0 Å². The van der Waals surface area contributed by atoms with Crippen molar-refractivity contribution in [1.29, 1.82) is 0 Å². The highest BCUT2D eigenvalue weighted by Crippen LogP contribution is 2.34. The number of hydrogen-bond acceptors (Lipinski definition) is 4. The molecule has 0 radical (unpaired) electrons. The number of carbonyl (C=O) groups is 2. The largest absolute Gasteiger partial charge is 0.493 e. The van der Waals surface area contributed by atoms with Crippen LogP contribution in [0.4, 0.5) is 0 Å². The molecule has 0 aromatic heterocycles. The maximum Gasteiger partial charge on any atom is 0.276 e. The third-order valence-corrected chi connectivity index (χ3v) is 5.46. The van der Waals surface area contributed by atoms with Crippen LogP contribution in [-0.2, 0) is 4.79 Å². The Morgan fingerprint density at radius 2 is 1.73 bits per heavy atom. The molecule has 6 nitrogen and oxygen atoms in total. The van der Waals surface area contributed by atoms with Crippen molar-refractivity contribution in [2.24, 2.45) is 0 Å². The number of rotatable bonds is 7. The van der Waals surface area contributed by atoms with Gasteiger partial charge in [0.1, 0.15) is 11.5 Å². The summed E-state index contributed by atoms with van der Waals surface area (Å²) in [5.41, 5.74) is 5.09. The summed E-state index contributed by atoms with van der Waals surface area (Å²) in [6, 6.07) is 16.4. The molecule has 0 spiro atoms. The predicted octanol–water partition coefficient (Wildman–Crippen LogP) is 4.99. The number of halogens is 2. The fourth-order valence-electron chi connectivity index (χ4n) is 2.72. The Labute approximate surface area is 191 Å². The number of nitrogens with one attached hydrogen (secondary N) is 2. The van der Waals surface area contributed by atoms with E-state index >= 15 is 0 Å². The summed E-state index contributed by atoms with van der Waals surface area (Å²) in [4.78, 5) is 24.5. The van der Waals surface area contributed by atoms with Crippen LogP contribution in [-0.4, -0.2) is 25.0 Å². The van der Waals surface area contributed by atoms with Gasteiger partial charge in [-0.05, 0) is 63.5 Å². The number of carbonyl (C=O) groups excluding carboxylic acids is 2. The summed E-state index contributed by atoms with van der Waals surface area (Å²) in [6.07, 6.45) is 0.825. The molecule has 3 aromatic carbocycles. The van der Waals surface area contributed by atoms with Crippen molar-refractivity contribution in [2.75, 3.05) is 13.2 Å². The second-order valence-corrected chi connectivity index (χ2v) is 8.09. The number of benzene rings is 3. The molecular weight excluding hydrogens is 516 g/mol. The van der Waals surface area contributed by atoms with E-state index in [2.05, 4.69) is 42.7 Å². The van der Waals surface area contributed by atoms with Crippen molar-refractivity contribution in [3.63, 3.8) is 0 Å². The average Bonchev–Trinajstić information content (AvgIpc) is 2.75. The first-order valence-corrected chi connectivity index (χ1v) is 10.9. The van der Waals surface area contributed by atoms with E-state index in [1.165, 1.54) is 0 Å². The summed E-state index contributed by atoms with van der Waals surface area (Å²) in [7, 11) is 0. The van der Waals surface area contributed by atoms with Gasteiger partial charge < -0.3 is 9.47 Å². The van der Waals surface area contributed by atoms with Gasteiger partial charge in [-0.15, -0.1) is 0 Å². The first-order chi connectivity index (χ1) is 14.5. The fraction of sp³-hybridized carbons (Fsp3) is 0.182. The molecular formula is C22H20Br2N2O4. The second kappa shape index (κ2) is 10.4. The number of para-hydroxylation sites is 1. The number of amides is 2. The van der Waals surface area contributed by atoms with Gasteiger partial charge in [-0.2, -0.15) is 0 Å². The molecule has 0 aliphatic heterocycles. The van der Waals surface area contributed by atoms with Crippen LogP contribution in [0.3, 0.4) is 0 Å². The van der Waals surface area contributed by atoms with Crippen LogP contribution in [0, 0.1) is 0 Å². The highest BCUT2D eigenvalue weighted by atomic mass is 79.9. The topological polar surface area (TPSA) is 76.7 Å².